The van der Waals surface area contributed by atoms with Crippen molar-refractivity contribution < 1.29 is 4.79 Å². The Hall–Kier alpha value is -1.00. The Morgan fingerprint density at radius 1 is 1.53 bits per heavy atom. The van der Waals surface area contributed by atoms with Crippen molar-refractivity contribution in [3.05, 3.63) is 23.9 Å². The Kier molecular flexibility index (Phi) is 3.67. The zero-order valence-electron chi connectivity index (χ0n) is 11.2. The number of nitrogens with one attached hydrogen (secondary N) is 1. The Morgan fingerprint density at radius 3 is 2.68 bits per heavy atom. The summed E-state index contributed by atoms with van der Waals surface area (Å²) in [6, 6.07) is 3.81. The number of anilines is 1. The molecule has 1 atom stereocenters. The third kappa shape index (κ3) is 2.79. The summed E-state index contributed by atoms with van der Waals surface area (Å²) < 4.78 is -0.926. The number of carbonyl (C=O) groups is 1. The van der Waals surface area contributed by atoms with Crippen molar-refractivity contribution in [2.75, 3.05) is 19.0 Å². The predicted octanol–water partition coefficient (Wildman–Crippen LogP) is 2.35. The highest BCUT2D eigenvalue weighted by molar-refractivity contribution is 6.53. The molecule has 1 heterocycles. The number of carbonyl (C=O) groups excluding carboxylic acids is 1. The van der Waals surface area contributed by atoms with E-state index in [0.29, 0.717) is 13.0 Å². The van der Waals surface area contributed by atoms with Gasteiger partial charge < -0.3 is 10.2 Å². The lowest BCUT2D eigenvalue weighted by Crippen LogP contribution is -2.32. The van der Waals surface area contributed by atoms with E-state index >= 15 is 0 Å². The lowest BCUT2D eigenvalue weighted by Gasteiger charge is -2.14. The van der Waals surface area contributed by atoms with Gasteiger partial charge in [-0.05, 0) is 31.0 Å². The number of halogens is 2. The van der Waals surface area contributed by atoms with Gasteiger partial charge in [0.1, 0.15) is 10.2 Å². The van der Waals surface area contributed by atoms with Crippen molar-refractivity contribution in [2.45, 2.75) is 24.2 Å². The quantitative estimate of drug-likeness (QED) is 0.868. The average molecular weight is 302 g/mol. The van der Waals surface area contributed by atoms with Crippen LogP contribution in [0.2, 0.25) is 0 Å². The Bertz CT molecular complexity index is 504. The first-order valence-electron chi connectivity index (χ1n) is 6.05. The largest absolute Gasteiger partial charge is 0.363 e. The van der Waals surface area contributed by atoms with Crippen molar-refractivity contribution in [1.29, 1.82) is 0 Å². The summed E-state index contributed by atoms with van der Waals surface area (Å²) in [7, 11) is 3.84. The molecule has 1 fully saturated rings. The number of aromatic nitrogens is 1. The summed E-state index contributed by atoms with van der Waals surface area (Å²) >= 11 is 12.0. The first kappa shape index (κ1) is 14.4. The summed E-state index contributed by atoms with van der Waals surface area (Å²) in [6.45, 7) is 2.22. The maximum Gasteiger partial charge on any atom is 0.229 e. The molecule has 1 amide bonds. The fourth-order valence-electron chi connectivity index (χ4n) is 1.84. The fourth-order valence-corrected chi connectivity index (χ4v) is 2.54. The normalized spacial score (nSPS) is 23.8. The molecule has 1 aromatic heterocycles. The average Bonchev–Trinajstić information content (AvgIpc) is 2.87. The van der Waals surface area contributed by atoms with Gasteiger partial charge in [-0.2, -0.15) is 0 Å². The minimum atomic E-state index is -0.926. The number of pyridine rings is 1. The molecule has 0 aliphatic heterocycles. The molecular weight excluding hydrogens is 285 g/mol. The van der Waals surface area contributed by atoms with Gasteiger partial charge in [0, 0.05) is 26.8 Å². The van der Waals surface area contributed by atoms with Gasteiger partial charge in [0.25, 0.3) is 0 Å². The van der Waals surface area contributed by atoms with Gasteiger partial charge in [0.2, 0.25) is 5.91 Å². The van der Waals surface area contributed by atoms with Gasteiger partial charge in [0.05, 0.1) is 5.41 Å². The molecule has 0 saturated heterocycles. The van der Waals surface area contributed by atoms with E-state index in [9.17, 15) is 4.79 Å². The van der Waals surface area contributed by atoms with Crippen LogP contribution in [0.5, 0.6) is 0 Å². The zero-order chi connectivity index (χ0) is 14.3. The molecule has 0 radical (unpaired) electrons. The second kappa shape index (κ2) is 4.84. The molecule has 19 heavy (non-hydrogen) atoms. The van der Waals surface area contributed by atoms with E-state index in [-0.39, 0.29) is 5.91 Å². The number of nitrogens with zero attached hydrogens (tertiary/aromatic N) is 2. The Labute approximate surface area is 123 Å². The van der Waals surface area contributed by atoms with Gasteiger partial charge in [-0.15, -0.1) is 23.2 Å². The van der Waals surface area contributed by atoms with Crippen LogP contribution in [0.1, 0.15) is 18.9 Å². The maximum absolute atomic E-state index is 12.0. The van der Waals surface area contributed by atoms with Crippen LogP contribution in [-0.2, 0) is 11.3 Å². The van der Waals surface area contributed by atoms with Gasteiger partial charge in [-0.1, -0.05) is 0 Å². The molecule has 6 heteroatoms. The first-order valence-corrected chi connectivity index (χ1v) is 6.80. The van der Waals surface area contributed by atoms with Crippen molar-refractivity contribution in [3.63, 3.8) is 0 Å². The fraction of sp³-hybridized carbons (Fsp3) is 0.538. The highest BCUT2D eigenvalue weighted by Gasteiger charge is 2.67. The smallest absolute Gasteiger partial charge is 0.229 e. The molecule has 0 bridgehead atoms. The number of rotatable bonds is 4. The van der Waals surface area contributed by atoms with Gasteiger partial charge in [-0.3, -0.25) is 4.79 Å². The number of hydrogen-bond donors (Lipinski definition) is 1. The molecule has 0 spiro atoms. The van der Waals surface area contributed by atoms with Crippen LogP contribution in [0, 0.1) is 5.41 Å². The first-order chi connectivity index (χ1) is 8.76. The van der Waals surface area contributed by atoms with E-state index in [1.165, 1.54) is 0 Å². The molecule has 1 saturated carbocycles. The molecular formula is C13H17Cl2N3O. The summed E-state index contributed by atoms with van der Waals surface area (Å²) in [6.07, 6.45) is 2.22. The molecule has 0 unspecified atom stereocenters. The monoisotopic (exact) mass is 301 g/mol. The number of alkyl halides is 2. The third-order valence-corrected chi connectivity index (χ3v) is 4.58. The van der Waals surface area contributed by atoms with Gasteiger partial charge in [0.15, 0.2) is 0 Å². The van der Waals surface area contributed by atoms with E-state index < -0.39 is 9.75 Å². The van der Waals surface area contributed by atoms with Crippen LogP contribution in [0.25, 0.3) is 0 Å². The van der Waals surface area contributed by atoms with Crippen molar-refractivity contribution >= 4 is 34.9 Å². The van der Waals surface area contributed by atoms with Crippen LogP contribution >= 0.6 is 23.2 Å². The molecule has 1 aliphatic carbocycles. The second-order valence-corrected chi connectivity index (χ2v) is 6.80. The second-order valence-electron chi connectivity index (χ2n) is 5.31. The molecule has 1 aromatic rings. The standard InChI is InChI=1S/C13H17Cl2N3O/c1-12(8-13(12,14)15)11(19)17-7-9-4-5-16-10(6-9)18(2)3/h4-6H,7-8H2,1-3H3,(H,17,19)/t12-/m1/s1. The van der Waals surface area contributed by atoms with Crippen molar-refractivity contribution in [3.8, 4) is 0 Å². The highest BCUT2D eigenvalue weighted by atomic mass is 35.5. The molecule has 1 N–H and O–H groups in total. The summed E-state index contributed by atoms with van der Waals surface area (Å²) in [5, 5.41) is 2.87. The summed E-state index contributed by atoms with van der Waals surface area (Å²) in [5.41, 5.74) is 0.319. The molecule has 2 rings (SSSR count). The van der Waals surface area contributed by atoms with Gasteiger partial charge >= 0.3 is 0 Å². The molecule has 1 aliphatic rings. The highest BCUT2D eigenvalue weighted by Crippen LogP contribution is 2.63. The minimum absolute atomic E-state index is 0.110. The van der Waals surface area contributed by atoms with E-state index in [4.69, 9.17) is 23.2 Å². The van der Waals surface area contributed by atoms with E-state index in [1.54, 1.807) is 13.1 Å². The summed E-state index contributed by atoms with van der Waals surface area (Å²) in [5.74, 6) is 0.745. The van der Waals surface area contributed by atoms with Crippen LogP contribution < -0.4 is 10.2 Å². The number of hydrogen-bond acceptors (Lipinski definition) is 3. The summed E-state index contributed by atoms with van der Waals surface area (Å²) in [4.78, 5) is 18.2. The predicted molar refractivity (Wildman–Crippen MR) is 77.6 cm³/mol. The van der Waals surface area contributed by atoms with Crippen LogP contribution in [0.3, 0.4) is 0 Å². The molecule has 104 valence electrons. The van der Waals surface area contributed by atoms with Crippen molar-refractivity contribution in [1.82, 2.24) is 10.3 Å². The van der Waals surface area contributed by atoms with E-state index in [0.717, 1.165) is 11.4 Å². The Balaban J connectivity index is 1.96. The molecule has 0 aromatic carbocycles. The SMILES string of the molecule is CN(C)c1cc(CNC(=O)[C@@]2(C)CC2(Cl)Cl)ccn1. The van der Waals surface area contributed by atoms with Crippen molar-refractivity contribution in [2.24, 2.45) is 5.41 Å². The van der Waals surface area contributed by atoms with Crippen LogP contribution in [0.4, 0.5) is 5.82 Å². The minimum Gasteiger partial charge on any atom is -0.363 e. The van der Waals surface area contributed by atoms with Crippen LogP contribution in [0.15, 0.2) is 18.3 Å². The third-order valence-electron chi connectivity index (χ3n) is 3.48. The lowest BCUT2D eigenvalue weighted by molar-refractivity contribution is -0.125. The number of amides is 1. The Morgan fingerprint density at radius 2 is 2.16 bits per heavy atom. The molecule has 4 nitrogen and oxygen atoms in total. The van der Waals surface area contributed by atoms with Crippen LogP contribution in [-0.4, -0.2) is 29.3 Å². The van der Waals surface area contributed by atoms with Gasteiger partial charge in [-0.25, -0.2) is 4.98 Å². The van der Waals surface area contributed by atoms with E-state index in [1.807, 2.05) is 31.1 Å². The zero-order valence-corrected chi connectivity index (χ0v) is 12.7. The van der Waals surface area contributed by atoms with E-state index in [2.05, 4.69) is 10.3 Å². The maximum atomic E-state index is 12.0. The lowest BCUT2D eigenvalue weighted by atomic mass is 10.1. The topological polar surface area (TPSA) is 45.2 Å².